The van der Waals surface area contributed by atoms with Gasteiger partial charge in [-0.1, -0.05) is 30.3 Å². The van der Waals surface area contributed by atoms with Crippen LogP contribution in [0.5, 0.6) is 0 Å². The van der Waals surface area contributed by atoms with Crippen molar-refractivity contribution in [1.82, 2.24) is 4.98 Å². The number of thiophene rings is 2. The summed E-state index contributed by atoms with van der Waals surface area (Å²) in [5, 5.41) is 4.72. The third-order valence-corrected chi connectivity index (χ3v) is 6.36. The number of nitrogens with one attached hydrogen (secondary N) is 1. The maximum atomic E-state index is 3.49. The Bertz CT molecular complexity index is 1110. The predicted molar refractivity (Wildman–Crippen MR) is 102 cm³/mol. The van der Waals surface area contributed by atoms with E-state index in [1.54, 1.807) is 11.3 Å². The minimum Gasteiger partial charge on any atom is -0.355 e. The van der Waals surface area contributed by atoms with Crippen molar-refractivity contribution in [2.75, 3.05) is 0 Å². The lowest BCUT2D eigenvalue weighted by Gasteiger charge is -1.98. The van der Waals surface area contributed by atoms with Crippen molar-refractivity contribution < 1.29 is 0 Å². The summed E-state index contributed by atoms with van der Waals surface area (Å²) in [6.45, 7) is 0. The Kier molecular flexibility index (Phi) is 2.90. The number of hydrogen-bond acceptors (Lipinski definition) is 2. The van der Waals surface area contributed by atoms with Crippen LogP contribution in [0.15, 0.2) is 72.1 Å². The van der Waals surface area contributed by atoms with Crippen LogP contribution in [0.2, 0.25) is 0 Å². The van der Waals surface area contributed by atoms with E-state index in [4.69, 9.17) is 0 Å². The molecule has 0 unspecified atom stereocenters. The SMILES string of the molecule is c1csc(-c2ccc(-c3ccc4[nH]c5ccccc5c4c3)s2)c1. The van der Waals surface area contributed by atoms with Gasteiger partial charge < -0.3 is 4.98 Å². The van der Waals surface area contributed by atoms with Crippen molar-refractivity contribution in [3.8, 4) is 20.2 Å². The summed E-state index contributed by atoms with van der Waals surface area (Å²) in [6, 6.07) is 23.9. The van der Waals surface area contributed by atoms with E-state index >= 15 is 0 Å². The Balaban J connectivity index is 1.67. The number of fused-ring (bicyclic) bond motifs is 3. The molecule has 1 N–H and O–H groups in total. The molecule has 5 aromatic rings. The summed E-state index contributed by atoms with van der Waals surface area (Å²) in [5.74, 6) is 0. The van der Waals surface area contributed by atoms with Crippen LogP contribution in [-0.4, -0.2) is 4.98 Å². The second-order valence-corrected chi connectivity index (χ2v) is 7.60. The summed E-state index contributed by atoms with van der Waals surface area (Å²) in [5.41, 5.74) is 3.69. The van der Waals surface area contributed by atoms with Gasteiger partial charge in [0.25, 0.3) is 0 Å². The molecule has 5 rings (SSSR count). The lowest BCUT2D eigenvalue weighted by Crippen LogP contribution is -1.72. The van der Waals surface area contributed by atoms with E-state index < -0.39 is 0 Å². The monoisotopic (exact) mass is 331 g/mol. The largest absolute Gasteiger partial charge is 0.355 e. The quantitative estimate of drug-likeness (QED) is 0.367. The van der Waals surface area contributed by atoms with E-state index in [0.29, 0.717) is 0 Å². The molecule has 2 aromatic carbocycles. The predicted octanol–water partition coefficient (Wildman–Crippen LogP) is 6.78. The standard InChI is InChI=1S/C20H13NS2/c1-2-5-16-14(4-1)15-12-13(7-8-17(15)21-16)18-9-10-20(23-18)19-6-3-11-22-19/h1-12,21H. The molecule has 0 amide bonds. The van der Waals surface area contributed by atoms with Crippen LogP contribution < -0.4 is 0 Å². The summed E-state index contributed by atoms with van der Waals surface area (Å²) in [7, 11) is 0. The minimum atomic E-state index is 1.20. The molecule has 3 heterocycles. The molecule has 23 heavy (non-hydrogen) atoms. The molecule has 0 aliphatic rings. The van der Waals surface area contributed by atoms with Crippen molar-refractivity contribution in [1.29, 1.82) is 0 Å². The zero-order valence-corrected chi connectivity index (χ0v) is 13.9. The van der Waals surface area contributed by atoms with Crippen LogP contribution in [0.25, 0.3) is 42.0 Å². The van der Waals surface area contributed by atoms with E-state index in [0.717, 1.165) is 0 Å². The van der Waals surface area contributed by atoms with Crippen molar-refractivity contribution in [3.63, 3.8) is 0 Å². The Morgan fingerprint density at radius 2 is 1.52 bits per heavy atom. The van der Waals surface area contributed by atoms with Gasteiger partial charge in [-0.05, 0) is 47.3 Å². The molecule has 0 saturated heterocycles. The van der Waals surface area contributed by atoms with Gasteiger partial charge in [-0.2, -0.15) is 0 Å². The van der Waals surface area contributed by atoms with Gasteiger partial charge in [-0.15, -0.1) is 22.7 Å². The number of aromatic nitrogens is 1. The van der Waals surface area contributed by atoms with Crippen LogP contribution in [0, 0.1) is 0 Å². The first-order chi connectivity index (χ1) is 11.4. The van der Waals surface area contributed by atoms with Crippen LogP contribution in [0.3, 0.4) is 0 Å². The van der Waals surface area contributed by atoms with Crippen molar-refractivity contribution in [2.24, 2.45) is 0 Å². The normalized spacial score (nSPS) is 11.5. The second-order valence-electron chi connectivity index (χ2n) is 5.57. The number of H-pyrrole nitrogens is 1. The van der Waals surface area contributed by atoms with E-state index in [1.165, 1.54) is 42.0 Å². The molecular weight excluding hydrogens is 318 g/mol. The van der Waals surface area contributed by atoms with Crippen molar-refractivity contribution in [2.45, 2.75) is 0 Å². The Hall–Kier alpha value is -2.36. The fraction of sp³-hybridized carbons (Fsp3) is 0. The zero-order valence-electron chi connectivity index (χ0n) is 12.2. The summed E-state index contributed by atoms with van der Waals surface area (Å²) < 4.78 is 0. The second kappa shape index (κ2) is 5.08. The van der Waals surface area contributed by atoms with Gasteiger partial charge >= 0.3 is 0 Å². The molecule has 0 atom stereocenters. The van der Waals surface area contributed by atoms with Crippen LogP contribution in [-0.2, 0) is 0 Å². The highest BCUT2D eigenvalue weighted by Gasteiger charge is 2.09. The number of hydrogen-bond donors (Lipinski definition) is 1. The zero-order chi connectivity index (χ0) is 15.2. The highest BCUT2D eigenvalue weighted by molar-refractivity contribution is 7.23. The van der Waals surface area contributed by atoms with Gasteiger partial charge in [0.15, 0.2) is 0 Å². The van der Waals surface area contributed by atoms with Crippen LogP contribution in [0.4, 0.5) is 0 Å². The molecule has 0 saturated carbocycles. The van der Waals surface area contributed by atoms with Gasteiger partial charge in [0.05, 0.1) is 0 Å². The van der Waals surface area contributed by atoms with Crippen LogP contribution in [0.1, 0.15) is 0 Å². The number of para-hydroxylation sites is 1. The summed E-state index contributed by atoms with van der Waals surface area (Å²) in [4.78, 5) is 7.49. The van der Waals surface area contributed by atoms with Crippen molar-refractivity contribution >= 4 is 44.5 Å². The lowest BCUT2D eigenvalue weighted by atomic mass is 10.1. The Morgan fingerprint density at radius 1 is 0.652 bits per heavy atom. The van der Waals surface area contributed by atoms with Crippen LogP contribution >= 0.6 is 22.7 Å². The molecule has 0 fully saturated rings. The highest BCUT2D eigenvalue weighted by atomic mass is 32.1. The molecule has 0 aliphatic heterocycles. The van der Waals surface area contributed by atoms with Crippen molar-refractivity contribution in [3.05, 3.63) is 72.1 Å². The van der Waals surface area contributed by atoms with Gasteiger partial charge in [0.1, 0.15) is 0 Å². The number of benzene rings is 2. The maximum absolute atomic E-state index is 3.49. The number of rotatable bonds is 2. The fourth-order valence-corrected chi connectivity index (χ4v) is 4.88. The van der Waals surface area contributed by atoms with E-state index in [2.05, 4.69) is 77.1 Å². The van der Waals surface area contributed by atoms with Gasteiger partial charge in [0, 0.05) is 36.4 Å². The average molecular weight is 331 g/mol. The molecule has 0 aliphatic carbocycles. The summed E-state index contributed by atoms with van der Waals surface area (Å²) >= 11 is 3.66. The first-order valence-electron chi connectivity index (χ1n) is 7.53. The number of aromatic amines is 1. The topological polar surface area (TPSA) is 15.8 Å². The fourth-order valence-electron chi connectivity index (χ4n) is 3.05. The average Bonchev–Trinajstić information content (AvgIpc) is 3.32. The van der Waals surface area contributed by atoms with Gasteiger partial charge in [-0.3, -0.25) is 0 Å². The first-order valence-corrected chi connectivity index (χ1v) is 9.23. The maximum Gasteiger partial charge on any atom is 0.0465 e. The molecular formula is C20H13NS2. The molecule has 3 aromatic heterocycles. The third kappa shape index (κ3) is 2.12. The molecule has 0 radical (unpaired) electrons. The molecule has 0 spiro atoms. The van der Waals surface area contributed by atoms with E-state index in [-0.39, 0.29) is 0 Å². The minimum absolute atomic E-state index is 1.20. The lowest BCUT2D eigenvalue weighted by molar-refractivity contribution is 1.55. The first kappa shape index (κ1) is 13.1. The third-order valence-electron chi connectivity index (χ3n) is 4.16. The van der Waals surface area contributed by atoms with Gasteiger partial charge in [0.2, 0.25) is 0 Å². The Labute approximate surface area is 141 Å². The molecule has 110 valence electrons. The molecule has 3 heteroatoms. The Morgan fingerprint density at radius 3 is 2.43 bits per heavy atom. The molecule has 0 bridgehead atoms. The highest BCUT2D eigenvalue weighted by Crippen LogP contribution is 2.38. The van der Waals surface area contributed by atoms with E-state index in [1.807, 2.05) is 11.3 Å². The van der Waals surface area contributed by atoms with E-state index in [9.17, 15) is 0 Å². The smallest absolute Gasteiger partial charge is 0.0465 e. The summed E-state index contributed by atoms with van der Waals surface area (Å²) in [6.07, 6.45) is 0. The molecule has 1 nitrogen and oxygen atoms in total. The van der Waals surface area contributed by atoms with Gasteiger partial charge in [-0.25, -0.2) is 0 Å².